The van der Waals surface area contributed by atoms with Gasteiger partial charge in [-0.3, -0.25) is 0 Å². The minimum Gasteiger partial charge on any atom is -0.478 e. The summed E-state index contributed by atoms with van der Waals surface area (Å²) in [5, 5.41) is 10.9. The van der Waals surface area contributed by atoms with Crippen molar-refractivity contribution < 1.29 is 19.0 Å². The van der Waals surface area contributed by atoms with Crippen molar-refractivity contribution in [3.63, 3.8) is 0 Å². The van der Waals surface area contributed by atoms with E-state index < -0.39 is 5.97 Å². The highest BCUT2D eigenvalue weighted by Gasteiger charge is 2.27. The van der Waals surface area contributed by atoms with Crippen molar-refractivity contribution in [2.45, 2.75) is 38.2 Å². The third kappa shape index (κ3) is 4.24. The highest BCUT2D eigenvalue weighted by molar-refractivity contribution is 7.18. The van der Waals surface area contributed by atoms with Gasteiger partial charge in [-0.25, -0.2) is 4.79 Å². The second-order valence-corrected chi connectivity index (χ2v) is 10.2. The Kier molecular flexibility index (Phi) is 6.10. The Morgan fingerprint density at radius 1 is 1.22 bits per heavy atom. The van der Waals surface area contributed by atoms with Crippen LogP contribution in [0.2, 0.25) is 5.02 Å². The van der Waals surface area contributed by atoms with Gasteiger partial charge in [-0.2, -0.15) is 4.39 Å². The summed E-state index contributed by atoms with van der Waals surface area (Å²) in [5.41, 5.74) is 1.85. The molecule has 2 heterocycles. The number of carboxylic acids is 1. The molecule has 2 aromatic carbocycles. The van der Waals surface area contributed by atoms with E-state index in [2.05, 4.69) is 4.90 Å². The molecule has 1 saturated carbocycles. The van der Waals surface area contributed by atoms with E-state index in [0.717, 1.165) is 33.8 Å². The summed E-state index contributed by atoms with van der Waals surface area (Å²) >= 11 is 7.08. The van der Waals surface area contributed by atoms with E-state index in [-0.39, 0.29) is 16.8 Å². The molecule has 0 radical (unpaired) electrons. The molecule has 3 aromatic rings. The summed E-state index contributed by atoms with van der Waals surface area (Å²) in [6.45, 7) is 1.91. The Hall–Kier alpha value is -2.15. The number of hydrogen-bond donors (Lipinski definition) is 1. The zero-order valence-electron chi connectivity index (χ0n) is 17.7. The Morgan fingerprint density at radius 2 is 2.06 bits per heavy atom. The molecule has 32 heavy (non-hydrogen) atoms. The van der Waals surface area contributed by atoms with Crippen LogP contribution in [-0.4, -0.2) is 36.9 Å². The van der Waals surface area contributed by atoms with Crippen molar-refractivity contribution >= 4 is 44.7 Å². The number of ether oxygens (including phenoxy) is 1. The van der Waals surface area contributed by atoms with E-state index in [1.54, 1.807) is 24.3 Å². The van der Waals surface area contributed by atoms with Crippen LogP contribution in [0.15, 0.2) is 36.4 Å². The Balaban J connectivity index is 1.43. The van der Waals surface area contributed by atoms with Gasteiger partial charge in [0.15, 0.2) is 5.13 Å². The summed E-state index contributed by atoms with van der Waals surface area (Å²) in [7, 11) is 0. The van der Waals surface area contributed by atoms with Crippen molar-refractivity contribution in [1.82, 2.24) is 0 Å². The fourth-order valence-corrected chi connectivity index (χ4v) is 5.99. The molecule has 4 nitrogen and oxygen atoms in total. The lowest BCUT2D eigenvalue weighted by molar-refractivity contribution is 0.0284. The number of aromatic carboxylic acids is 1. The van der Waals surface area contributed by atoms with Gasteiger partial charge in [0.05, 0.1) is 24.0 Å². The van der Waals surface area contributed by atoms with Gasteiger partial charge >= 0.3 is 5.97 Å². The number of fused-ring (bicyclic) bond motifs is 1. The summed E-state index contributed by atoms with van der Waals surface area (Å²) in [6, 6.07) is 10.5. The molecule has 0 spiro atoms. The number of carbonyl (C=O) groups is 1. The van der Waals surface area contributed by atoms with Crippen LogP contribution < -0.4 is 4.90 Å². The van der Waals surface area contributed by atoms with Gasteiger partial charge in [-0.15, -0.1) is 11.3 Å². The van der Waals surface area contributed by atoms with Crippen LogP contribution in [0.3, 0.4) is 0 Å². The number of nitrogens with zero attached hydrogens (tertiary/aromatic N) is 1. The lowest BCUT2D eigenvalue weighted by Crippen LogP contribution is -2.43. The molecule has 168 valence electrons. The summed E-state index contributed by atoms with van der Waals surface area (Å²) < 4.78 is 21.5. The lowest BCUT2D eigenvalue weighted by Gasteiger charge is -2.36. The molecule has 2 aliphatic rings. The number of thiophene rings is 1. The number of morpholine rings is 1. The topological polar surface area (TPSA) is 49.8 Å². The van der Waals surface area contributed by atoms with E-state index >= 15 is 0 Å². The zero-order chi connectivity index (χ0) is 22.2. The maximum atomic E-state index is 14.8. The van der Waals surface area contributed by atoms with Gasteiger partial charge in [0, 0.05) is 33.8 Å². The molecule has 0 amide bonds. The monoisotopic (exact) mass is 473 g/mol. The number of benzene rings is 2. The number of halogens is 2. The summed E-state index contributed by atoms with van der Waals surface area (Å²) in [4.78, 5) is 14.3. The van der Waals surface area contributed by atoms with Crippen molar-refractivity contribution in [3.05, 3.63) is 52.1 Å². The fraction of sp³-hybridized carbons (Fsp3) is 0.400. The highest BCUT2D eigenvalue weighted by Crippen LogP contribution is 2.40. The summed E-state index contributed by atoms with van der Waals surface area (Å²) in [5.74, 6) is -0.185. The van der Waals surface area contributed by atoms with Crippen LogP contribution in [0.4, 0.5) is 10.1 Å². The summed E-state index contributed by atoms with van der Waals surface area (Å²) in [6.07, 6.45) is 6.29. The van der Waals surface area contributed by atoms with Gasteiger partial charge < -0.3 is 14.7 Å². The van der Waals surface area contributed by atoms with Crippen molar-refractivity contribution in [2.24, 2.45) is 5.92 Å². The van der Waals surface area contributed by atoms with E-state index in [9.17, 15) is 14.3 Å². The first-order valence-electron chi connectivity index (χ1n) is 11.1. The first-order chi connectivity index (χ1) is 15.5. The van der Waals surface area contributed by atoms with Gasteiger partial charge in [-0.1, -0.05) is 43.0 Å². The third-order valence-corrected chi connectivity index (χ3v) is 7.90. The van der Waals surface area contributed by atoms with Gasteiger partial charge in [0.2, 0.25) is 0 Å². The van der Waals surface area contributed by atoms with Crippen LogP contribution in [0.1, 0.15) is 42.5 Å². The molecule has 0 unspecified atom stereocenters. The molecule has 1 atom stereocenters. The molecule has 1 aliphatic carbocycles. The minimum atomic E-state index is -1.01. The van der Waals surface area contributed by atoms with E-state index in [1.807, 2.05) is 12.1 Å². The first kappa shape index (κ1) is 21.7. The van der Waals surface area contributed by atoms with Gasteiger partial charge in [0.1, 0.15) is 0 Å². The van der Waals surface area contributed by atoms with Crippen molar-refractivity contribution in [3.8, 4) is 11.1 Å². The second kappa shape index (κ2) is 9.00. The highest BCUT2D eigenvalue weighted by atomic mass is 35.5. The number of anilines is 1. The molecule has 5 rings (SSSR count). The standard InChI is InChI=1S/C25H25ClFNO3S/c26-17-6-8-19-22(13-17)32-24(27)23(19)16-5-9-21(20(12-16)25(29)30)28-10-11-31-18(14-28)7-4-15-2-1-3-15/h5-6,8-9,12-13,15,18H,1-4,7,10-11,14H2,(H,29,30)/t18-/m1/s1. The van der Waals surface area contributed by atoms with E-state index in [0.29, 0.717) is 41.5 Å². The Labute approximate surface area is 195 Å². The predicted molar refractivity (Wildman–Crippen MR) is 128 cm³/mol. The van der Waals surface area contributed by atoms with Gasteiger partial charge in [0.25, 0.3) is 0 Å². The molecule has 1 N–H and O–H groups in total. The SMILES string of the molecule is O=C(O)c1cc(-c2c(F)sc3cc(Cl)ccc23)ccc1N1CCO[C@H](CCC2CCC2)C1. The predicted octanol–water partition coefficient (Wildman–Crippen LogP) is 6.84. The van der Waals surface area contributed by atoms with Crippen LogP contribution in [0.5, 0.6) is 0 Å². The average molecular weight is 474 g/mol. The molecule has 1 aromatic heterocycles. The Morgan fingerprint density at radius 3 is 2.81 bits per heavy atom. The molecule has 1 aliphatic heterocycles. The second-order valence-electron chi connectivity index (χ2n) is 8.74. The normalized spacial score (nSPS) is 19.3. The quantitative estimate of drug-likeness (QED) is 0.425. The smallest absolute Gasteiger partial charge is 0.337 e. The lowest BCUT2D eigenvalue weighted by atomic mass is 9.81. The molecular weight excluding hydrogens is 449 g/mol. The number of rotatable bonds is 6. The van der Waals surface area contributed by atoms with E-state index in [1.165, 1.54) is 25.7 Å². The molecule has 2 fully saturated rings. The van der Waals surface area contributed by atoms with Crippen LogP contribution in [-0.2, 0) is 4.74 Å². The number of hydrogen-bond acceptors (Lipinski definition) is 4. The molecule has 1 saturated heterocycles. The van der Waals surface area contributed by atoms with Gasteiger partial charge in [-0.05, 0) is 48.6 Å². The first-order valence-corrected chi connectivity index (χ1v) is 12.3. The van der Waals surface area contributed by atoms with Crippen molar-refractivity contribution in [2.75, 3.05) is 24.6 Å². The third-order valence-electron chi connectivity index (χ3n) is 6.73. The number of carboxylic acid groups (broad SMARTS) is 1. The zero-order valence-corrected chi connectivity index (χ0v) is 19.2. The van der Waals surface area contributed by atoms with Crippen molar-refractivity contribution in [1.29, 1.82) is 0 Å². The molecular formula is C25H25ClFNO3S. The maximum absolute atomic E-state index is 14.8. The largest absolute Gasteiger partial charge is 0.478 e. The fourth-order valence-electron chi connectivity index (χ4n) is 4.76. The average Bonchev–Trinajstić information content (AvgIpc) is 3.07. The van der Waals surface area contributed by atoms with Crippen LogP contribution in [0, 0.1) is 11.0 Å². The Bertz CT molecular complexity index is 1160. The minimum absolute atomic E-state index is 0.119. The molecule has 7 heteroatoms. The van der Waals surface area contributed by atoms with E-state index in [4.69, 9.17) is 16.3 Å². The van der Waals surface area contributed by atoms with Crippen LogP contribution in [0.25, 0.3) is 21.2 Å². The molecule has 0 bridgehead atoms. The maximum Gasteiger partial charge on any atom is 0.337 e. The van der Waals surface area contributed by atoms with Crippen LogP contribution >= 0.6 is 22.9 Å².